The number of benzene rings is 1. The van der Waals surface area contributed by atoms with Crippen LogP contribution in [0.3, 0.4) is 0 Å². The van der Waals surface area contributed by atoms with Crippen LogP contribution in [0.25, 0.3) is 11.0 Å². The van der Waals surface area contributed by atoms with Crippen molar-refractivity contribution in [3.8, 4) is 0 Å². The molecule has 0 aliphatic carbocycles. The molecule has 0 radical (unpaired) electrons. The van der Waals surface area contributed by atoms with Crippen LogP contribution in [0.1, 0.15) is 11.3 Å². The van der Waals surface area contributed by atoms with Gasteiger partial charge in [0, 0.05) is 0 Å². The highest BCUT2D eigenvalue weighted by Crippen LogP contribution is 2.26. The van der Waals surface area contributed by atoms with Gasteiger partial charge in [-0.25, -0.2) is 4.98 Å². The zero-order chi connectivity index (χ0) is 14.8. The van der Waals surface area contributed by atoms with E-state index in [4.69, 9.17) is 9.52 Å². The molecule has 0 unspecified atom stereocenters. The summed E-state index contributed by atoms with van der Waals surface area (Å²) < 4.78 is 7.37. The molecule has 0 saturated carbocycles. The third-order valence-electron chi connectivity index (χ3n) is 3.09. The monoisotopic (exact) mass is 302 g/mol. The van der Waals surface area contributed by atoms with Gasteiger partial charge in [-0.3, -0.25) is 4.79 Å². The van der Waals surface area contributed by atoms with Gasteiger partial charge in [-0.1, -0.05) is 17.8 Å². The highest BCUT2D eigenvalue weighted by atomic mass is 32.2. The summed E-state index contributed by atoms with van der Waals surface area (Å²) in [6.45, 7) is 2.55. The maximum atomic E-state index is 10.8. The lowest BCUT2D eigenvalue weighted by molar-refractivity contribution is -0.133. The molecule has 5 nitrogen and oxygen atoms in total. The second-order valence-electron chi connectivity index (χ2n) is 4.73. The number of carbonyl (C=O) groups is 1. The van der Waals surface area contributed by atoms with Crippen molar-refractivity contribution in [2.45, 2.75) is 18.6 Å². The van der Waals surface area contributed by atoms with Crippen molar-refractivity contribution in [1.29, 1.82) is 0 Å². The van der Waals surface area contributed by atoms with Crippen LogP contribution in [0.2, 0.25) is 0 Å². The highest BCUT2D eigenvalue weighted by Gasteiger charge is 2.14. The number of hydrogen-bond donors (Lipinski definition) is 1. The molecule has 0 aliphatic rings. The molecule has 0 spiro atoms. The number of carboxylic acids is 1. The zero-order valence-electron chi connectivity index (χ0n) is 11.4. The normalized spacial score (nSPS) is 11.1. The van der Waals surface area contributed by atoms with E-state index in [2.05, 4.69) is 4.98 Å². The Kier molecular flexibility index (Phi) is 3.70. The summed E-state index contributed by atoms with van der Waals surface area (Å²) in [6.07, 6.45) is 1.63. The molecule has 3 rings (SSSR count). The van der Waals surface area contributed by atoms with Gasteiger partial charge in [-0.05, 0) is 36.8 Å². The van der Waals surface area contributed by atoms with Gasteiger partial charge >= 0.3 is 5.97 Å². The van der Waals surface area contributed by atoms with Crippen molar-refractivity contribution >= 4 is 28.8 Å². The largest absolute Gasteiger partial charge is 0.481 e. The summed E-state index contributed by atoms with van der Waals surface area (Å²) in [5.74, 6) is -0.0553. The molecule has 0 bridgehead atoms. The fourth-order valence-corrected chi connectivity index (χ4v) is 2.90. The van der Waals surface area contributed by atoms with E-state index in [0.29, 0.717) is 11.7 Å². The number of carboxylic acid groups (broad SMARTS) is 1. The SMILES string of the molecule is Cc1ccc2c(c1)nc(SCC(=O)O)n2Cc1ccco1. The van der Waals surface area contributed by atoms with Crippen LogP contribution in [0.5, 0.6) is 0 Å². The highest BCUT2D eigenvalue weighted by molar-refractivity contribution is 7.99. The van der Waals surface area contributed by atoms with Gasteiger partial charge < -0.3 is 14.1 Å². The van der Waals surface area contributed by atoms with Crippen LogP contribution in [0.4, 0.5) is 0 Å². The van der Waals surface area contributed by atoms with Gasteiger partial charge in [0.15, 0.2) is 5.16 Å². The fraction of sp³-hybridized carbons (Fsp3) is 0.200. The van der Waals surface area contributed by atoms with E-state index in [1.165, 1.54) is 11.8 Å². The van der Waals surface area contributed by atoms with Crippen LogP contribution < -0.4 is 0 Å². The Bertz CT molecular complexity index is 778. The Morgan fingerprint density at radius 3 is 3.00 bits per heavy atom. The van der Waals surface area contributed by atoms with E-state index in [1.54, 1.807) is 6.26 Å². The molecule has 0 fully saturated rings. The second kappa shape index (κ2) is 5.65. The van der Waals surface area contributed by atoms with Crippen LogP contribution >= 0.6 is 11.8 Å². The molecule has 21 heavy (non-hydrogen) atoms. The topological polar surface area (TPSA) is 68.3 Å². The molecule has 1 N–H and O–H groups in total. The van der Waals surface area contributed by atoms with Crippen LogP contribution in [-0.4, -0.2) is 26.4 Å². The minimum Gasteiger partial charge on any atom is -0.481 e. The molecule has 0 aliphatic heterocycles. The number of aliphatic carboxylic acids is 1. The lowest BCUT2D eigenvalue weighted by Crippen LogP contribution is -2.04. The smallest absolute Gasteiger partial charge is 0.313 e. The summed E-state index contributed by atoms with van der Waals surface area (Å²) in [5.41, 5.74) is 2.97. The van der Waals surface area contributed by atoms with E-state index >= 15 is 0 Å². The Labute approximate surface area is 125 Å². The van der Waals surface area contributed by atoms with Gasteiger partial charge in [0.05, 0.1) is 29.6 Å². The Balaban J connectivity index is 2.03. The first-order valence-corrected chi connectivity index (χ1v) is 7.46. The molecule has 0 saturated heterocycles. The number of furan rings is 1. The summed E-state index contributed by atoms with van der Waals surface area (Å²) in [5, 5.41) is 9.55. The summed E-state index contributed by atoms with van der Waals surface area (Å²) in [6, 6.07) is 9.76. The quantitative estimate of drug-likeness (QED) is 0.733. The number of hydrogen-bond acceptors (Lipinski definition) is 4. The molecule has 0 atom stereocenters. The van der Waals surface area contributed by atoms with Gasteiger partial charge in [0.2, 0.25) is 0 Å². The summed E-state index contributed by atoms with van der Waals surface area (Å²) in [4.78, 5) is 15.3. The van der Waals surface area contributed by atoms with E-state index in [9.17, 15) is 4.79 Å². The van der Waals surface area contributed by atoms with Gasteiger partial charge in [0.25, 0.3) is 0 Å². The van der Waals surface area contributed by atoms with E-state index < -0.39 is 5.97 Å². The number of rotatable bonds is 5. The molecule has 2 heterocycles. The maximum absolute atomic E-state index is 10.8. The standard InChI is InChI=1S/C15H14N2O3S/c1-10-4-5-13-12(7-10)16-15(21-9-14(18)19)17(13)8-11-3-2-6-20-11/h2-7H,8-9H2,1H3,(H,18,19). The Hall–Kier alpha value is -2.21. The predicted molar refractivity (Wildman–Crippen MR) is 80.6 cm³/mol. The lowest BCUT2D eigenvalue weighted by Gasteiger charge is -2.06. The second-order valence-corrected chi connectivity index (χ2v) is 5.68. The third kappa shape index (κ3) is 2.95. The maximum Gasteiger partial charge on any atom is 0.313 e. The van der Waals surface area contributed by atoms with Crippen LogP contribution in [0.15, 0.2) is 46.2 Å². The minimum atomic E-state index is -0.854. The zero-order valence-corrected chi connectivity index (χ0v) is 12.3. The average Bonchev–Trinajstić information content (AvgIpc) is 3.05. The third-order valence-corrected chi connectivity index (χ3v) is 4.05. The van der Waals surface area contributed by atoms with Crippen molar-refractivity contribution < 1.29 is 14.3 Å². The van der Waals surface area contributed by atoms with Crippen molar-refractivity contribution in [2.24, 2.45) is 0 Å². The van der Waals surface area contributed by atoms with Gasteiger partial charge in [-0.15, -0.1) is 0 Å². The van der Waals surface area contributed by atoms with Crippen LogP contribution in [-0.2, 0) is 11.3 Å². The average molecular weight is 302 g/mol. The van der Waals surface area contributed by atoms with Crippen molar-refractivity contribution in [2.75, 3.05) is 5.75 Å². The van der Waals surface area contributed by atoms with E-state index in [1.807, 2.05) is 41.8 Å². The molecule has 3 aromatic rings. The first-order valence-electron chi connectivity index (χ1n) is 6.47. The summed E-state index contributed by atoms with van der Waals surface area (Å²) >= 11 is 1.22. The first kappa shape index (κ1) is 13.8. The fourth-order valence-electron chi connectivity index (χ4n) is 2.17. The number of aryl methyl sites for hydroxylation is 1. The molecular weight excluding hydrogens is 288 g/mol. The minimum absolute atomic E-state index is 0.0134. The van der Waals surface area contributed by atoms with Gasteiger partial charge in [-0.2, -0.15) is 0 Å². The Morgan fingerprint density at radius 1 is 1.43 bits per heavy atom. The number of fused-ring (bicyclic) bond motifs is 1. The van der Waals surface area contributed by atoms with Crippen molar-refractivity contribution in [3.63, 3.8) is 0 Å². The molecule has 0 amide bonds. The van der Waals surface area contributed by atoms with Crippen molar-refractivity contribution in [3.05, 3.63) is 47.9 Å². The number of imidazole rings is 1. The molecule has 1 aromatic carbocycles. The number of nitrogens with zero attached hydrogens (tertiary/aromatic N) is 2. The van der Waals surface area contributed by atoms with E-state index in [-0.39, 0.29) is 5.75 Å². The number of thioether (sulfide) groups is 1. The molecule has 2 aromatic heterocycles. The number of aromatic nitrogens is 2. The van der Waals surface area contributed by atoms with Gasteiger partial charge in [0.1, 0.15) is 5.76 Å². The molecular formula is C15H14N2O3S. The first-order chi connectivity index (χ1) is 10.1. The molecule has 6 heteroatoms. The van der Waals surface area contributed by atoms with Crippen LogP contribution in [0, 0.1) is 6.92 Å². The van der Waals surface area contributed by atoms with E-state index in [0.717, 1.165) is 22.4 Å². The Morgan fingerprint density at radius 2 is 2.29 bits per heavy atom. The van der Waals surface area contributed by atoms with Crippen molar-refractivity contribution in [1.82, 2.24) is 9.55 Å². The summed E-state index contributed by atoms with van der Waals surface area (Å²) in [7, 11) is 0. The predicted octanol–water partition coefficient (Wildman–Crippen LogP) is 3.16. The molecule has 108 valence electrons. The lowest BCUT2D eigenvalue weighted by atomic mass is 10.2.